The van der Waals surface area contributed by atoms with Crippen LogP contribution < -0.4 is 4.74 Å². The maximum atomic E-state index is 12.2. The number of aliphatic carboxylic acids is 1. The molecule has 0 bridgehead atoms. The van der Waals surface area contributed by atoms with E-state index in [0.29, 0.717) is 25.1 Å². The molecule has 0 aliphatic carbocycles. The highest BCUT2D eigenvalue weighted by Crippen LogP contribution is 2.19. The third-order valence-electron chi connectivity index (χ3n) is 4.11. The molecule has 1 amide bonds. The van der Waals surface area contributed by atoms with Gasteiger partial charge in [-0.3, -0.25) is 14.4 Å². The summed E-state index contributed by atoms with van der Waals surface area (Å²) in [5, 5.41) is 8.95. The van der Waals surface area contributed by atoms with Crippen LogP contribution in [0.5, 0.6) is 5.75 Å². The largest absolute Gasteiger partial charge is 0.494 e. The molecule has 1 atom stereocenters. The summed E-state index contributed by atoms with van der Waals surface area (Å²) in [5.74, 6) is -0.886. The first-order valence-corrected chi connectivity index (χ1v) is 8.28. The van der Waals surface area contributed by atoms with E-state index in [1.54, 1.807) is 24.3 Å². The molecule has 130 valence electrons. The molecule has 0 spiro atoms. The van der Waals surface area contributed by atoms with E-state index in [0.717, 1.165) is 12.2 Å². The van der Waals surface area contributed by atoms with Gasteiger partial charge in [0.15, 0.2) is 5.78 Å². The van der Waals surface area contributed by atoms with Gasteiger partial charge in [0, 0.05) is 31.5 Å². The summed E-state index contributed by atoms with van der Waals surface area (Å²) in [5.41, 5.74) is 0.552. The number of ketones is 1. The molecule has 0 aromatic heterocycles. The summed E-state index contributed by atoms with van der Waals surface area (Å²) in [7, 11) is 0. The number of hydrogen-bond donors (Lipinski definition) is 1. The number of carbonyl (C=O) groups excluding carboxylic acids is 2. The number of carboxylic acid groups (broad SMARTS) is 1. The topological polar surface area (TPSA) is 83.9 Å². The Balaban J connectivity index is 1.80. The zero-order chi connectivity index (χ0) is 17.5. The fourth-order valence-corrected chi connectivity index (χ4v) is 2.67. The standard InChI is InChI=1S/C18H23NO5/c1-2-11-24-15-5-3-13(4-6-15)16(20)7-8-17(21)19-10-9-14(12-19)18(22)23/h3-6,14H,2,7-12H2,1H3,(H,22,23). The SMILES string of the molecule is CCCOc1ccc(C(=O)CCC(=O)N2CCC(C(=O)O)C2)cc1. The van der Waals surface area contributed by atoms with E-state index < -0.39 is 11.9 Å². The second-order valence-electron chi connectivity index (χ2n) is 5.96. The third kappa shape index (κ3) is 4.81. The number of amides is 1. The molecule has 1 fully saturated rings. The fourth-order valence-electron chi connectivity index (χ4n) is 2.67. The number of benzene rings is 1. The molecule has 6 nitrogen and oxygen atoms in total. The smallest absolute Gasteiger partial charge is 0.308 e. The van der Waals surface area contributed by atoms with Crippen LogP contribution in [0.15, 0.2) is 24.3 Å². The summed E-state index contributed by atoms with van der Waals surface area (Å²) in [4.78, 5) is 36.7. The average Bonchev–Trinajstić information content (AvgIpc) is 3.08. The molecule has 1 aromatic rings. The van der Waals surface area contributed by atoms with Gasteiger partial charge in [-0.05, 0) is 37.1 Å². The maximum Gasteiger partial charge on any atom is 0.308 e. The summed E-state index contributed by atoms with van der Waals surface area (Å²) < 4.78 is 5.46. The van der Waals surface area contributed by atoms with Crippen LogP contribution in [0.1, 0.15) is 43.0 Å². The molecule has 0 saturated carbocycles. The second-order valence-corrected chi connectivity index (χ2v) is 5.96. The van der Waals surface area contributed by atoms with E-state index >= 15 is 0 Å². The molecule has 1 heterocycles. The number of hydrogen-bond acceptors (Lipinski definition) is 4. The van der Waals surface area contributed by atoms with Crippen LogP contribution in [-0.4, -0.2) is 47.4 Å². The first-order chi connectivity index (χ1) is 11.5. The molecule has 1 aromatic carbocycles. The first kappa shape index (κ1) is 18.0. The fraction of sp³-hybridized carbons (Fsp3) is 0.500. The van der Waals surface area contributed by atoms with Crippen LogP contribution in [0.2, 0.25) is 0 Å². The van der Waals surface area contributed by atoms with Crippen molar-refractivity contribution in [2.24, 2.45) is 5.92 Å². The van der Waals surface area contributed by atoms with Crippen LogP contribution in [0, 0.1) is 5.92 Å². The molecule has 6 heteroatoms. The van der Waals surface area contributed by atoms with Crippen molar-refractivity contribution in [3.63, 3.8) is 0 Å². The quantitative estimate of drug-likeness (QED) is 0.738. The van der Waals surface area contributed by atoms with E-state index in [9.17, 15) is 14.4 Å². The number of carbonyl (C=O) groups is 3. The molecule has 24 heavy (non-hydrogen) atoms. The molecule has 2 rings (SSSR count). The van der Waals surface area contributed by atoms with E-state index in [4.69, 9.17) is 9.84 Å². The van der Waals surface area contributed by atoms with Gasteiger partial charge in [0.2, 0.25) is 5.91 Å². The minimum absolute atomic E-state index is 0.0978. The van der Waals surface area contributed by atoms with Crippen LogP contribution in [0.25, 0.3) is 0 Å². The Labute approximate surface area is 141 Å². The van der Waals surface area contributed by atoms with Crippen LogP contribution in [0.3, 0.4) is 0 Å². The minimum atomic E-state index is -0.869. The van der Waals surface area contributed by atoms with Crippen molar-refractivity contribution in [1.29, 1.82) is 0 Å². The summed E-state index contributed by atoms with van der Waals surface area (Å²) in [6.07, 6.45) is 1.64. The normalized spacial score (nSPS) is 16.9. The Kier molecular flexibility index (Phi) is 6.35. The predicted molar refractivity (Wildman–Crippen MR) is 88.1 cm³/mol. The van der Waals surface area contributed by atoms with Crippen molar-refractivity contribution in [1.82, 2.24) is 4.90 Å². The number of carboxylic acids is 1. The van der Waals surface area contributed by atoms with Crippen molar-refractivity contribution >= 4 is 17.7 Å². The molecule has 1 unspecified atom stereocenters. The monoisotopic (exact) mass is 333 g/mol. The van der Waals surface area contributed by atoms with Crippen LogP contribution >= 0.6 is 0 Å². The van der Waals surface area contributed by atoms with Crippen molar-refractivity contribution in [2.45, 2.75) is 32.6 Å². The van der Waals surface area contributed by atoms with E-state index in [-0.39, 0.29) is 31.1 Å². The molecular weight excluding hydrogens is 310 g/mol. The molecule has 1 aliphatic rings. The Morgan fingerprint density at radius 1 is 1.21 bits per heavy atom. The van der Waals surface area contributed by atoms with Gasteiger partial charge in [0.25, 0.3) is 0 Å². The average molecular weight is 333 g/mol. The van der Waals surface area contributed by atoms with Crippen molar-refractivity contribution < 1.29 is 24.2 Å². The van der Waals surface area contributed by atoms with Gasteiger partial charge in [-0.25, -0.2) is 0 Å². The Morgan fingerprint density at radius 3 is 2.50 bits per heavy atom. The molecular formula is C18H23NO5. The van der Waals surface area contributed by atoms with Crippen LogP contribution in [-0.2, 0) is 9.59 Å². The van der Waals surface area contributed by atoms with Gasteiger partial charge in [-0.1, -0.05) is 6.92 Å². The van der Waals surface area contributed by atoms with Gasteiger partial charge in [0.05, 0.1) is 12.5 Å². The Hall–Kier alpha value is -2.37. The first-order valence-electron chi connectivity index (χ1n) is 8.28. The second kappa shape index (κ2) is 8.47. The Bertz CT molecular complexity index is 596. The lowest BCUT2D eigenvalue weighted by Gasteiger charge is -2.15. The highest BCUT2D eigenvalue weighted by atomic mass is 16.5. The van der Waals surface area contributed by atoms with Gasteiger partial charge in [0.1, 0.15) is 5.75 Å². The molecule has 1 N–H and O–H groups in total. The van der Waals surface area contributed by atoms with Crippen molar-refractivity contribution in [3.05, 3.63) is 29.8 Å². The molecule has 0 radical (unpaired) electrons. The zero-order valence-electron chi connectivity index (χ0n) is 13.9. The van der Waals surface area contributed by atoms with E-state index in [1.807, 2.05) is 6.92 Å². The third-order valence-corrected chi connectivity index (χ3v) is 4.11. The number of ether oxygens (including phenoxy) is 1. The minimum Gasteiger partial charge on any atom is -0.494 e. The van der Waals surface area contributed by atoms with Gasteiger partial charge < -0.3 is 14.7 Å². The summed E-state index contributed by atoms with van der Waals surface area (Å²) in [6, 6.07) is 6.91. The lowest BCUT2D eigenvalue weighted by molar-refractivity contribution is -0.141. The Morgan fingerprint density at radius 2 is 1.92 bits per heavy atom. The number of likely N-dealkylation sites (tertiary alicyclic amines) is 1. The molecule has 1 saturated heterocycles. The molecule has 1 aliphatic heterocycles. The zero-order valence-corrected chi connectivity index (χ0v) is 13.9. The van der Waals surface area contributed by atoms with Gasteiger partial charge >= 0.3 is 5.97 Å². The number of Topliss-reactive ketones (excluding diaryl/α,β-unsaturated/α-hetero) is 1. The number of rotatable bonds is 8. The summed E-state index contributed by atoms with van der Waals surface area (Å²) in [6.45, 7) is 3.35. The van der Waals surface area contributed by atoms with Gasteiger partial charge in [-0.2, -0.15) is 0 Å². The van der Waals surface area contributed by atoms with E-state index in [1.165, 1.54) is 4.90 Å². The highest BCUT2D eigenvalue weighted by Gasteiger charge is 2.30. The van der Waals surface area contributed by atoms with E-state index in [2.05, 4.69) is 0 Å². The summed E-state index contributed by atoms with van der Waals surface area (Å²) >= 11 is 0. The predicted octanol–water partition coefficient (Wildman–Crippen LogP) is 2.37. The van der Waals surface area contributed by atoms with Crippen LogP contribution in [0.4, 0.5) is 0 Å². The lowest BCUT2D eigenvalue weighted by Crippen LogP contribution is -2.30. The lowest BCUT2D eigenvalue weighted by atomic mass is 10.1. The van der Waals surface area contributed by atoms with Gasteiger partial charge in [-0.15, -0.1) is 0 Å². The van der Waals surface area contributed by atoms with Crippen molar-refractivity contribution in [2.75, 3.05) is 19.7 Å². The maximum absolute atomic E-state index is 12.2. The highest BCUT2D eigenvalue weighted by molar-refractivity contribution is 5.98. The van der Waals surface area contributed by atoms with Crippen molar-refractivity contribution in [3.8, 4) is 5.75 Å². The number of nitrogens with zero attached hydrogens (tertiary/aromatic N) is 1.